The highest BCUT2D eigenvalue weighted by Gasteiger charge is 2.32. The molecule has 0 aromatic carbocycles. The Morgan fingerprint density at radius 2 is 1.50 bits per heavy atom. The summed E-state index contributed by atoms with van der Waals surface area (Å²) in [6.07, 6.45) is 2.50. The lowest BCUT2D eigenvalue weighted by Gasteiger charge is -2.47. The molecule has 0 aliphatic carbocycles. The molecular formula is C20H39N3O. The third-order valence-corrected chi connectivity index (χ3v) is 5.91. The Bertz CT molecular complexity index is 390. The SMILES string of the molecule is CC(C)C(=O)CN1CCC(CN2C[C@H](C)N(C(C)C)[C@@H](C)C2)CC1. The summed E-state index contributed by atoms with van der Waals surface area (Å²) in [5, 5.41) is 0. The number of nitrogens with zero attached hydrogens (tertiary/aromatic N) is 3. The highest BCUT2D eigenvalue weighted by Crippen LogP contribution is 2.23. The summed E-state index contributed by atoms with van der Waals surface area (Å²) in [7, 11) is 0. The van der Waals surface area contributed by atoms with E-state index in [1.807, 2.05) is 13.8 Å². The molecule has 2 atom stereocenters. The molecule has 2 aliphatic heterocycles. The fourth-order valence-corrected chi connectivity index (χ4v) is 4.71. The molecule has 0 aromatic rings. The van der Waals surface area contributed by atoms with Gasteiger partial charge in [-0.3, -0.25) is 19.5 Å². The molecule has 0 unspecified atom stereocenters. The summed E-state index contributed by atoms with van der Waals surface area (Å²) >= 11 is 0. The van der Waals surface area contributed by atoms with Crippen molar-refractivity contribution in [1.29, 1.82) is 0 Å². The van der Waals surface area contributed by atoms with Gasteiger partial charge in [0.25, 0.3) is 0 Å². The van der Waals surface area contributed by atoms with Gasteiger partial charge in [-0.1, -0.05) is 13.8 Å². The highest BCUT2D eigenvalue weighted by molar-refractivity contribution is 5.82. The first-order chi connectivity index (χ1) is 11.3. The molecule has 0 radical (unpaired) electrons. The third kappa shape index (κ3) is 5.27. The van der Waals surface area contributed by atoms with E-state index < -0.39 is 0 Å². The summed E-state index contributed by atoms with van der Waals surface area (Å²) in [6.45, 7) is 19.9. The second-order valence-corrected chi connectivity index (χ2v) is 8.80. The molecule has 0 N–H and O–H groups in total. The second kappa shape index (κ2) is 8.77. The van der Waals surface area contributed by atoms with Gasteiger partial charge in [0.2, 0.25) is 0 Å². The number of carbonyl (C=O) groups is 1. The van der Waals surface area contributed by atoms with Crippen molar-refractivity contribution in [2.75, 3.05) is 39.3 Å². The molecule has 140 valence electrons. The number of hydrogen-bond donors (Lipinski definition) is 0. The summed E-state index contributed by atoms with van der Waals surface area (Å²) in [5.74, 6) is 1.37. The van der Waals surface area contributed by atoms with Gasteiger partial charge in [0.05, 0.1) is 6.54 Å². The molecule has 4 heteroatoms. The van der Waals surface area contributed by atoms with Gasteiger partial charge >= 0.3 is 0 Å². The summed E-state index contributed by atoms with van der Waals surface area (Å²) < 4.78 is 0. The lowest BCUT2D eigenvalue weighted by Crippen LogP contribution is -2.59. The van der Waals surface area contributed by atoms with Gasteiger partial charge in [-0.15, -0.1) is 0 Å². The van der Waals surface area contributed by atoms with Crippen LogP contribution in [0.25, 0.3) is 0 Å². The Hall–Kier alpha value is -0.450. The van der Waals surface area contributed by atoms with Gasteiger partial charge in [0.15, 0.2) is 0 Å². The van der Waals surface area contributed by atoms with Gasteiger partial charge in [0, 0.05) is 43.7 Å². The summed E-state index contributed by atoms with van der Waals surface area (Å²) in [5.41, 5.74) is 0. The van der Waals surface area contributed by atoms with Crippen LogP contribution in [0, 0.1) is 11.8 Å². The minimum atomic E-state index is 0.169. The average molecular weight is 338 g/mol. The lowest BCUT2D eigenvalue weighted by molar-refractivity contribution is -0.123. The molecule has 2 rings (SSSR count). The van der Waals surface area contributed by atoms with Crippen molar-refractivity contribution in [1.82, 2.24) is 14.7 Å². The van der Waals surface area contributed by atoms with Crippen LogP contribution in [0.4, 0.5) is 0 Å². The van der Waals surface area contributed by atoms with Gasteiger partial charge in [0.1, 0.15) is 5.78 Å². The zero-order valence-corrected chi connectivity index (χ0v) is 16.8. The number of hydrogen-bond acceptors (Lipinski definition) is 4. The summed E-state index contributed by atoms with van der Waals surface area (Å²) in [4.78, 5) is 19.6. The van der Waals surface area contributed by atoms with Gasteiger partial charge in [-0.25, -0.2) is 0 Å². The van der Waals surface area contributed by atoms with Crippen LogP contribution >= 0.6 is 0 Å². The first-order valence-electron chi connectivity index (χ1n) is 10.0. The first-order valence-corrected chi connectivity index (χ1v) is 10.0. The molecular weight excluding hydrogens is 298 g/mol. The van der Waals surface area contributed by atoms with E-state index in [-0.39, 0.29) is 5.92 Å². The molecule has 4 nitrogen and oxygen atoms in total. The Morgan fingerprint density at radius 3 is 1.96 bits per heavy atom. The van der Waals surface area contributed by atoms with Crippen LogP contribution < -0.4 is 0 Å². The Kier molecular flexibility index (Phi) is 7.26. The van der Waals surface area contributed by atoms with Gasteiger partial charge in [-0.05, 0) is 59.5 Å². The van der Waals surface area contributed by atoms with Crippen molar-refractivity contribution >= 4 is 5.78 Å². The molecule has 24 heavy (non-hydrogen) atoms. The maximum atomic E-state index is 11.9. The smallest absolute Gasteiger partial charge is 0.149 e. The number of piperazine rings is 1. The van der Waals surface area contributed by atoms with Crippen molar-refractivity contribution in [2.45, 2.75) is 72.5 Å². The van der Waals surface area contributed by atoms with Crippen molar-refractivity contribution in [3.63, 3.8) is 0 Å². The quantitative estimate of drug-likeness (QED) is 0.745. The molecule has 0 saturated carbocycles. The Labute approximate surface area is 149 Å². The maximum absolute atomic E-state index is 11.9. The number of Topliss-reactive ketones (excluding diaryl/α,β-unsaturated/α-hetero) is 1. The largest absolute Gasteiger partial charge is 0.300 e. The lowest BCUT2D eigenvalue weighted by atomic mass is 9.94. The Balaban J connectivity index is 1.75. The van der Waals surface area contributed by atoms with Crippen LogP contribution in [0.15, 0.2) is 0 Å². The van der Waals surface area contributed by atoms with E-state index in [1.165, 1.54) is 32.5 Å². The fraction of sp³-hybridized carbons (Fsp3) is 0.950. The second-order valence-electron chi connectivity index (χ2n) is 8.80. The minimum Gasteiger partial charge on any atom is -0.300 e. The first kappa shape index (κ1) is 19.9. The molecule has 2 aliphatic rings. The van der Waals surface area contributed by atoms with E-state index >= 15 is 0 Å². The number of rotatable bonds is 6. The monoisotopic (exact) mass is 337 g/mol. The van der Waals surface area contributed by atoms with E-state index in [0.717, 1.165) is 19.0 Å². The number of ketones is 1. The van der Waals surface area contributed by atoms with Gasteiger partial charge < -0.3 is 0 Å². The number of carbonyl (C=O) groups excluding carboxylic acids is 1. The van der Waals surface area contributed by atoms with Crippen molar-refractivity contribution in [3.8, 4) is 0 Å². The minimum absolute atomic E-state index is 0.169. The van der Waals surface area contributed by atoms with Gasteiger partial charge in [-0.2, -0.15) is 0 Å². The average Bonchev–Trinajstić information content (AvgIpc) is 2.48. The van der Waals surface area contributed by atoms with Crippen LogP contribution in [0.5, 0.6) is 0 Å². The van der Waals surface area contributed by atoms with Crippen LogP contribution in [-0.4, -0.2) is 77.9 Å². The van der Waals surface area contributed by atoms with E-state index in [9.17, 15) is 4.79 Å². The predicted molar refractivity (Wildman–Crippen MR) is 101 cm³/mol. The highest BCUT2D eigenvalue weighted by atomic mass is 16.1. The molecule has 0 spiro atoms. The summed E-state index contributed by atoms with van der Waals surface area (Å²) in [6, 6.07) is 1.94. The zero-order valence-electron chi connectivity index (χ0n) is 16.8. The van der Waals surface area contributed by atoms with E-state index in [0.29, 0.717) is 30.5 Å². The Morgan fingerprint density at radius 1 is 0.958 bits per heavy atom. The predicted octanol–water partition coefficient (Wildman–Crippen LogP) is 2.73. The van der Waals surface area contributed by atoms with Crippen molar-refractivity contribution in [2.24, 2.45) is 11.8 Å². The number of likely N-dealkylation sites (tertiary alicyclic amines) is 1. The van der Waals surface area contributed by atoms with Crippen LogP contribution in [0.3, 0.4) is 0 Å². The third-order valence-electron chi connectivity index (χ3n) is 5.91. The van der Waals surface area contributed by atoms with Crippen LogP contribution in [-0.2, 0) is 4.79 Å². The molecule has 2 fully saturated rings. The van der Waals surface area contributed by atoms with Crippen molar-refractivity contribution in [3.05, 3.63) is 0 Å². The molecule has 2 saturated heterocycles. The fourth-order valence-electron chi connectivity index (χ4n) is 4.71. The van der Waals surface area contributed by atoms with Crippen LogP contribution in [0.1, 0.15) is 54.4 Å². The topological polar surface area (TPSA) is 26.8 Å². The molecule has 0 aromatic heterocycles. The molecule has 2 heterocycles. The molecule has 0 amide bonds. The van der Waals surface area contributed by atoms with E-state index in [1.54, 1.807) is 0 Å². The zero-order chi connectivity index (χ0) is 17.9. The van der Waals surface area contributed by atoms with E-state index in [2.05, 4.69) is 42.4 Å². The number of piperidine rings is 1. The normalized spacial score (nSPS) is 28.8. The standard InChI is InChI=1S/C20H39N3O/c1-15(2)20(24)14-21-9-7-19(8-10-21)13-22-11-17(5)23(16(3)4)18(6)12-22/h15-19H,7-14H2,1-6H3/t17-,18-/m0/s1. The molecule has 0 bridgehead atoms. The maximum Gasteiger partial charge on any atom is 0.149 e. The van der Waals surface area contributed by atoms with Crippen molar-refractivity contribution < 1.29 is 4.79 Å². The van der Waals surface area contributed by atoms with Crippen LogP contribution in [0.2, 0.25) is 0 Å². The van der Waals surface area contributed by atoms with E-state index in [4.69, 9.17) is 0 Å².